The van der Waals surface area contributed by atoms with Gasteiger partial charge < -0.3 is 5.32 Å². The molecule has 0 atom stereocenters. The fourth-order valence-corrected chi connectivity index (χ4v) is 2.43. The Balaban J connectivity index is 1.91. The van der Waals surface area contributed by atoms with Crippen LogP contribution < -0.4 is 5.32 Å². The van der Waals surface area contributed by atoms with E-state index in [9.17, 15) is 4.39 Å². The van der Waals surface area contributed by atoms with E-state index in [4.69, 9.17) is 0 Å². The second-order valence-corrected chi connectivity index (χ2v) is 4.86. The molecular formula is C15H15FN2S. The van der Waals surface area contributed by atoms with Gasteiger partial charge in [0, 0.05) is 30.5 Å². The molecule has 2 nitrogen and oxygen atoms in total. The third-order valence-electron chi connectivity index (χ3n) is 2.55. The molecule has 4 heteroatoms. The van der Waals surface area contributed by atoms with Crippen LogP contribution in [0.15, 0.2) is 29.6 Å². The minimum absolute atomic E-state index is 0.223. The summed E-state index contributed by atoms with van der Waals surface area (Å²) in [4.78, 5) is 4.53. The standard InChI is InChI=1S/C15H15FN2S/c1-2-3-4-9-17-10-14-11-19-15(18-14)12-5-7-13(16)8-6-12/h5-8,11,17H,4,9-10H2,1H3. The van der Waals surface area contributed by atoms with Gasteiger partial charge in [0.05, 0.1) is 5.69 Å². The number of aromatic nitrogens is 1. The summed E-state index contributed by atoms with van der Waals surface area (Å²) >= 11 is 1.58. The maximum atomic E-state index is 12.8. The Kier molecular flexibility index (Phi) is 5.08. The summed E-state index contributed by atoms with van der Waals surface area (Å²) in [7, 11) is 0. The summed E-state index contributed by atoms with van der Waals surface area (Å²) in [6.07, 6.45) is 0.853. The molecule has 0 aliphatic heterocycles. The maximum absolute atomic E-state index is 12.8. The lowest BCUT2D eigenvalue weighted by Crippen LogP contribution is -2.14. The fourth-order valence-electron chi connectivity index (χ4n) is 1.61. The Labute approximate surface area is 116 Å². The van der Waals surface area contributed by atoms with E-state index in [2.05, 4.69) is 22.1 Å². The Bertz CT molecular complexity index is 578. The van der Waals surface area contributed by atoms with Crippen LogP contribution in [0.25, 0.3) is 10.6 Å². The van der Waals surface area contributed by atoms with E-state index in [1.165, 1.54) is 12.1 Å². The zero-order valence-electron chi connectivity index (χ0n) is 10.7. The molecule has 19 heavy (non-hydrogen) atoms. The van der Waals surface area contributed by atoms with Crippen molar-refractivity contribution in [3.63, 3.8) is 0 Å². The van der Waals surface area contributed by atoms with Gasteiger partial charge >= 0.3 is 0 Å². The number of rotatable bonds is 5. The Hall–Kier alpha value is -1.70. The molecule has 0 spiro atoms. The van der Waals surface area contributed by atoms with E-state index in [1.54, 1.807) is 23.5 Å². The zero-order valence-corrected chi connectivity index (χ0v) is 11.6. The van der Waals surface area contributed by atoms with Crippen molar-refractivity contribution in [1.82, 2.24) is 10.3 Å². The Morgan fingerprint density at radius 2 is 2.11 bits per heavy atom. The molecule has 98 valence electrons. The molecule has 1 aromatic heterocycles. The van der Waals surface area contributed by atoms with Gasteiger partial charge in [0.2, 0.25) is 0 Å². The highest BCUT2D eigenvalue weighted by Crippen LogP contribution is 2.23. The summed E-state index contributed by atoms with van der Waals surface area (Å²) in [5, 5.41) is 6.24. The molecular weight excluding hydrogens is 259 g/mol. The zero-order chi connectivity index (χ0) is 13.5. The van der Waals surface area contributed by atoms with Crippen molar-refractivity contribution in [2.45, 2.75) is 19.9 Å². The maximum Gasteiger partial charge on any atom is 0.123 e. The van der Waals surface area contributed by atoms with Crippen molar-refractivity contribution >= 4 is 11.3 Å². The van der Waals surface area contributed by atoms with E-state index in [-0.39, 0.29) is 5.82 Å². The third kappa shape index (κ3) is 4.16. The summed E-state index contributed by atoms with van der Waals surface area (Å²) in [5.41, 5.74) is 1.96. The predicted molar refractivity (Wildman–Crippen MR) is 77.3 cm³/mol. The normalized spacial score (nSPS) is 10.0. The predicted octanol–water partition coefficient (Wildman–Crippen LogP) is 3.45. The van der Waals surface area contributed by atoms with Gasteiger partial charge in [0.15, 0.2) is 0 Å². The van der Waals surface area contributed by atoms with E-state index >= 15 is 0 Å². The van der Waals surface area contributed by atoms with Crippen LogP contribution in [-0.2, 0) is 6.54 Å². The molecule has 2 rings (SSSR count). The van der Waals surface area contributed by atoms with Crippen molar-refractivity contribution in [1.29, 1.82) is 0 Å². The van der Waals surface area contributed by atoms with Crippen LogP contribution in [0.3, 0.4) is 0 Å². The van der Waals surface area contributed by atoms with Crippen LogP contribution in [-0.4, -0.2) is 11.5 Å². The van der Waals surface area contributed by atoms with Crippen LogP contribution in [0, 0.1) is 17.7 Å². The fraction of sp³-hybridized carbons (Fsp3) is 0.267. The van der Waals surface area contributed by atoms with E-state index < -0.39 is 0 Å². The summed E-state index contributed by atoms with van der Waals surface area (Å²) in [5.74, 6) is 5.64. The molecule has 1 heterocycles. The highest BCUT2D eigenvalue weighted by molar-refractivity contribution is 7.13. The van der Waals surface area contributed by atoms with E-state index in [0.29, 0.717) is 0 Å². The third-order valence-corrected chi connectivity index (χ3v) is 3.49. The summed E-state index contributed by atoms with van der Waals surface area (Å²) in [6.45, 7) is 3.45. The molecule has 0 aliphatic rings. The molecule has 0 fully saturated rings. The molecule has 0 radical (unpaired) electrons. The van der Waals surface area contributed by atoms with Crippen LogP contribution in [0.5, 0.6) is 0 Å². The first kappa shape index (κ1) is 13.7. The smallest absolute Gasteiger partial charge is 0.123 e. The van der Waals surface area contributed by atoms with Crippen LogP contribution in [0.4, 0.5) is 4.39 Å². The molecule has 2 aromatic rings. The number of nitrogens with zero attached hydrogens (tertiary/aromatic N) is 1. The van der Waals surface area contributed by atoms with Gasteiger partial charge in [0.25, 0.3) is 0 Å². The molecule has 0 saturated carbocycles. The molecule has 0 amide bonds. The van der Waals surface area contributed by atoms with Crippen LogP contribution in [0.2, 0.25) is 0 Å². The average Bonchev–Trinajstić information content (AvgIpc) is 2.88. The van der Waals surface area contributed by atoms with Crippen LogP contribution in [0.1, 0.15) is 19.0 Å². The molecule has 0 aliphatic carbocycles. The van der Waals surface area contributed by atoms with Gasteiger partial charge in [-0.1, -0.05) is 0 Å². The molecule has 0 unspecified atom stereocenters. The van der Waals surface area contributed by atoms with Crippen molar-refractivity contribution in [3.05, 3.63) is 41.2 Å². The van der Waals surface area contributed by atoms with Crippen molar-refractivity contribution < 1.29 is 4.39 Å². The molecule has 1 N–H and O–H groups in total. The SMILES string of the molecule is CC#CCCNCc1csc(-c2ccc(F)cc2)n1. The highest BCUT2D eigenvalue weighted by Gasteiger charge is 2.04. The average molecular weight is 274 g/mol. The molecule has 0 bridgehead atoms. The van der Waals surface area contributed by atoms with E-state index in [1.807, 2.05) is 12.3 Å². The molecule has 1 aromatic carbocycles. The lowest BCUT2D eigenvalue weighted by atomic mass is 10.2. The van der Waals surface area contributed by atoms with Crippen molar-refractivity contribution in [3.8, 4) is 22.4 Å². The number of nitrogens with one attached hydrogen (secondary N) is 1. The van der Waals surface area contributed by atoms with Gasteiger partial charge in [-0.2, -0.15) is 0 Å². The van der Waals surface area contributed by atoms with Crippen molar-refractivity contribution in [2.75, 3.05) is 6.54 Å². The molecule has 0 saturated heterocycles. The first-order valence-electron chi connectivity index (χ1n) is 6.10. The number of hydrogen-bond acceptors (Lipinski definition) is 3. The summed E-state index contributed by atoms with van der Waals surface area (Å²) in [6, 6.07) is 6.42. The number of hydrogen-bond donors (Lipinski definition) is 1. The van der Waals surface area contributed by atoms with Gasteiger partial charge in [-0.05, 0) is 31.2 Å². The number of thiazole rings is 1. The van der Waals surface area contributed by atoms with Gasteiger partial charge in [-0.25, -0.2) is 9.37 Å². The Morgan fingerprint density at radius 1 is 1.32 bits per heavy atom. The minimum atomic E-state index is -0.223. The second kappa shape index (κ2) is 7.03. The van der Waals surface area contributed by atoms with Gasteiger partial charge in [-0.3, -0.25) is 0 Å². The quantitative estimate of drug-likeness (QED) is 0.667. The van der Waals surface area contributed by atoms with Crippen molar-refractivity contribution in [2.24, 2.45) is 0 Å². The number of benzene rings is 1. The summed E-state index contributed by atoms with van der Waals surface area (Å²) < 4.78 is 12.8. The number of halogens is 1. The monoisotopic (exact) mass is 274 g/mol. The Morgan fingerprint density at radius 3 is 2.84 bits per heavy atom. The lowest BCUT2D eigenvalue weighted by molar-refractivity contribution is 0.628. The first-order chi connectivity index (χ1) is 9.29. The van der Waals surface area contributed by atoms with Gasteiger partial charge in [0.1, 0.15) is 10.8 Å². The second-order valence-electron chi connectivity index (χ2n) is 4.00. The largest absolute Gasteiger partial charge is 0.310 e. The minimum Gasteiger partial charge on any atom is -0.310 e. The highest BCUT2D eigenvalue weighted by atomic mass is 32.1. The van der Waals surface area contributed by atoms with Gasteiger partial charge in [-0.15, -0.1) is 23.2 Å². The topological polar surface area (TPSA) is 24.9 Å². The van der Waals surface area contributed by atoms with E-state index in [0.717, 1.165) is 35.8 Å². The van der Waals surface area contributed by atoms with Crippen LogP contribution >= 0.6 is 11.3 Å². The first-order valence-corrected chi connectivity index (χ1v) is 6.98. The lowest BCUT2D eigenvalue weighted by Gasteiger charge is -1.98.